The van der Waals surface area contributed by atoms with Crippen LogP contribution in [0.4, 0.5) is 8.78 Å². The first-order valence-corrected chi connectivity index (χ1v) is 12.7. The van der Waals surface area contributed by atoms with Crippen LogP contribution in [0, 0.1) is 11.6 Å². The molecule has 1 aliphatic heterocycles. The number of aliphatic hydroxyl groups excluding tert-OH is 1. The Kier molecular flexibility index (Phi) is 9.16. The van der Waals surface area contributed by atoms with E-state index in [2.05, 4.69) is 0 Å². The van der Waals surface area contributed by atoms with E-state index in [0.717, 1.165) is 11.1 Å². The van der Waals surface area contributed by atoms with Gasteiger partial charge < -0.3 is 24.4 Å². The van der Waals surface area contributed by atoms with Gasteiger partial charge in [0.25, 0.3) is 0 Å². The van der Waals surface area contributed by atoms with Gasteiger partial charge in [-0.2, -0.15) is 4.39 Å². The van der Waals surface area contributed by atoms with Crippen molar-refractivity contribution in [2.24, 2.45) is 0 Å². The Labute approximate surface area is 220 Å². The molecule has 0 radical (unpaired) electrons. The molecule has 2 N–H and O–H groups in total. The van der Waals surface area contributed by atoms with E-state index in [0.29, 0.717) is 23.6 Å². The van der Waals surface area contributed by atoms with Crippen LogP contribution in [-0.4, -0.2) is 41.7 Å². The number of halogens is 3. The van der Waals surface area contributed by atoms with Crippen LogP contribution in [0.3, 0.4) is 0 Å². The molecule has 8 heteroatoms. The maximum atomic E-state index is 14.7. The van der Waals surface area contributed by atoms with Crippen LogP contribution >= 0.6 is 11.6 Å². The van der Waals surface area contributed by atoms with E-state index in [1.54, 1.807) is 19.1 Å². The number of hydrogen-bond donors (Lipinski definition) is 2. The fraction of sp³-hybridized carbons (Fsp3) is 0.379. The van der Waals surface area contributed by atoms with E-state index < -0.39 is 29.9 Å². The Balaban J connectivity index is 1.55. The highest BCUT2D eigenvalue weighted by Gasteiger charge is 2.37. The van der Waals surface area contributed by atoms with Crippen LogP contribution in [-0.2, 0) is 22.5 Å². The molecule has 0 spiro atoms. The molecule has 1 heterocycles. The van der Waals surface area contributed by atoms with Gasteiger partial charge in [0.1, 0.15) is 5.60 Å². The zero-order chi connectivity index (χ0) is 26.4. The van der Waals surface area contributed by atoms with Crippen molar-refractivity contribution in [2.45, 2.75) is 50.6 Å². The predicted molar refractivity (Wildman–Crippen MR) is 137 cm³/mol. The number of aliphatic hydroxyl groups is 2. The Bertz CT molecular complexity index is 1190. The molecule has 1 fully saturated rings. The topological polar surface area (TPSA) is 68.2 Å². The van der Waals surface area contributed by atoms with Crippen LogP contribution in [0.25, 0.3) is 0 Å². The first-order valence-electron chi connectivity index (χ1n) is 12.3. The Morgan fingerprint density at radius 3 is 2.57 bits per heavy atom. The molecule has 198 valence electrons. The second-order valence-corrected chi connectivity index (χ2v) is 9.76. The van der Waals surface area contributed by atoms with Crippen molar-refractivity contribution in [1.29, 1.82) is 0 Å². The van der Waals surface area contributed by atoms with Gasteiger partial charge >= 0.3 is 0 Å². The lowest BCUT2D eigenvalue weighted by atomic mass is 9.94. The molecule has 2 unspecified atom stereocenters. The Morgan fingerprint density at radius 2 is 1.84 bits per heavy atom. The molecule has 5 nitrogen and oxygen atoms in total. The van der Waals surface area contributed by atoms with Crippen molar-refractivity contribution in [2.75, 3.05) is 19.8 Å². The molecule has 0 amide bonds. The average Bonchev–Trinajstić information content (AvgIpc) is 3.08. The third kappa shape index (κ3) is 6.86. The lowest BCUT2D eigenvalue weighted by Gasteiger charge is -2.26. The van der Waals surface area contributed by atoms with Crippen molar-refractivity contribution >= 4 is 11.6 Å². The molecule has 3 aromatic carbocycles. The van der Waals surface area contributed by atoms with Crippen LogP contribution in [0.1, 0.15) is 48.1 Å². The summed E-state index contributed by atoms with van der Waals surface area (Å²) in [4.78, 5) is 0. The van der Waals surface area contributed by atoms with Crippen molar-refractivity contribution in [1.82, 2.24) is 0 Å². The first-order chi connectivity index (χ1) is 17.8. The van der Waals surface area contributed by atoms with E-state index >= 15 is 0 Å². The van der Waals surface area contributed by atoms with Crippen LogP contribution in [0.2, 0.25) is 5.02 Å². The summed E-state index contributed by atoms with van der Waals surface area (Å²) < 4.78 is 46.4. The largest absolute Gasteiger partial charge is 0.491 e. The fourth-order valence-corrected chi connectivity index (χ4v) is 4.68. The van der Waals surface area contributed by atoms with Gasteiger partial charge in [-0.25, -0.2) is 4.39 Å². The molecular weight excluding hydrogens is 502 g/mol. The van der Waals surface area contributed by atoms with Gasteiger partial charge in [-0.3, -0.25) is 0 Å². The van der Waals surface area contributed by atoms with Crippen molar-refractivity contribution in [3.8, 4) is 5.75 Å². The lowest BCUT2D eigenvalue weighted by Crippen LogP contribution is -2.40. The summed E-state index contributed by atoms with van der Waals surface area (Å²) in [5.41, 5.74) is 1.08. The lowest BCUT2D eigenvalue weighted by molar-refractivity contribution is -0.0955. The van der Waals surface area contributed by atoms with Crippen molar-refractivity contribution < 1.29 is 33.2 Å². The third-order valence-corrected chi connectivity index (χ3v) is 6.88. The summed E-state index contributed by atoms with van der Waals surface area (Å²) >= 11 is 6.42. The molecule has 3 aromatic rings. The summed E-state index contributed by atoms with van der Waals surface area (Å²) in [7, 11) is 0. The molecule has 1 saturated heterocycles. The molecule has 1 aliphatic rings. The quantitative estimate of drug-likeness (QED) is 0.366. The molecule has 0 bridgehead atoms. The second-order valence-electron chi connectivity index (χ2n) is 9.35. The zero-order valence-electron chi connectivity index (χ0n) is 20.6. The van der Waals surface area contributed by atoms with Gasteiger partial charge in [0, 0.05) is 24.3 Å². The molecule has 3 atom stereocenters. The second kappa shape index (κ2) is 12.3. The van der Waals surface area contributed by atoms with Gasteiger partial charge in [0.05, 0.1) is 38.6 Å². The average molecular weight is 533 g/mol. The Hall–Kier alpha value is -2.55. The van der Waals surface area contributed by atoms with E-state index in [4.69, 9.17) is 25.8 Å². The highest BCUT2D eigenvalue weighted by atomic mass is 35.5. The molecule has 4 rings (SSSR count). The summed E-state index contributed by atoms with van der Waals surface area (Å²) in [6, 6.07) is 17.9. The minimum absolute atomic E-state index is 0.0725. The van der Waals surface area contributed by atoms with E-state index in [1.165, 1.54) is 12.1 Å². The number of ether oxygens (including phenoxy) is 3. The first kappa shape index (κ1) is 27.5. The maximum absolute atomic E-state index is 14.7. The highest BCUT2D eigenvalue weighted by Crippen LogP contribution is 2.35. The highest BCUT2D eigenvalue weighted by molar-refractivity contribution is 6.31. The smallest absolute Gasteiger partial charge is 0.200 e. The van der Waals surface area contributed by atoms with E-state index in [-0.39, 0.29) is 43.5 Å². The Morgan fingerprint density at radius 1 is 1.05 bits per heavy atom. The summed E-state index contributed by atoms with van der Waals surface area (Å²) in [6.07, 6.45) is -0.129. The van der Waals surface area contributed by atoms with Crippen molar-refractivity contribution in [3.63, 3.8) is 0 Å². The number of rotatable bonds is 9. The van der Waals surface area contributed by atoms with E-state index in [1.807, 2.05) is 36.4 Å². The van der Waals surface area contributed by atoms with Gasteiger partial charge in [0.15, 0.2) is 11.6 Å². The summed E-state index contributed by atoms with van der Waals surface area (Å²) in [5, 5.41) is 21.1. The van der Waals surface area contributed by atoms with Crippen LogP contribution in [0.5, 0.6) is 5.75 Å². The van der Waals surface area contributed by atoms with Crippen LogP contribution in [0.15, 0.2) is 60.7 Å². The number of hydrogen-bond acceptors (Lipinski definition) is 5. The third-order valence-electron chi connectivity index (χ3n) is 6.51. The summed E-state index contributed by atoms with van der Waals surface area (Å²) in [5.74, 6) is -2.13. The zero-order valence-corrected chi connectivity index (χ0v) is 21.4. The SMILES string of the molecule is CCOc1ccc(Cc2cc(C3CC(OCc4ccccc4)C[C@](O)(CO)CO3)ccc2Cl)c(F)c1F. The molecule has 0 aliphatic carbocycles. The number of benzene rings is 3. The van der Waals surface area contributed by atoms with Gasteiger partial charge in [0.2, 0.25) is 5.82 Å². The monoisotopic (exact) mass is 532 g/mol. The van der Waals surface area contributed by atoms with Crippen molar-refractivity contribution in [3.05, 3.63) is 99.6 Å². The molecule has 0 saturated carbocycles. The minimum atomic E-state index is -1.44. The standard InChI is InChI=1S/C29H31ClF2O5/c1-2-35-25-11-9-21(27(31)28(25)32)13-22-12-20(8-10-24(22)30)26-14-23(15-29(34,17-33)18-37-26)36-16-19-6-4-3-5-7-19/h3-12,23,26,33-34H,2,13-18H2,1H3/t23?,26?,29-/m0/s1. The normalized spacial score (nSPS) is 22.0. The van der Waals surface area contributed by atoms with E-state index in [9.17, 15) is 19.0 Å². The van der Waals surface area contributed by atoms with Gasteiger partial charge in [-0.15, -0.1) is 0 Å². The minimum Gasteiger partial charge on any atom is -0.491 e. The van der Waals surface area contributed by atoms with Gasteiger partial charge in [-0.1, -0.05) is 60.1 Å². The predicted octanol–water partition coefficient (Wildman–Crippen LogP) is 5.77. The molecule has 37 heavy (non-hydrogen) atoms. The summed E-state index contributed by atoms with van der Waals surface area (Å²) in [6.45, 7) is 1.75. The van der Waals surface area contributed by atoms with Gasteiger partial charge in [-0.05, 0) is 41.3 Å². The molecular formula is C29H31ClF2O5. The molecule has 0 aromatic heterocycles. The fourth-order valence-electron chi connectivity index (χ4n) is 4.50. The van der Waals surface area contributed by atoms with Crippen LogP contribution < -0.4 is 4.74 Å². The maximum Gasteiger partial charge on any atom is 0.200 e.